The Morgan fingerprint density at radius 3 is 2.80 bits per heavy atom. The van der Waals surface area contributed by atoms with Crippen LogP contribution in [0.3, 0.4) is 0 Å². The molecule has 1 aromatic carbocycles. The zero-order valence-corrected chi connectivity index (χ0v) is 10.3. The second kappa shape index (κ2) is 6.10. The van der Waals surface area contributed by atoms with Crippen LogP contribution < -0.4 is 10.5 Å². The molecule has 4 heteroatoms. The van der Waals surface area contributed by atoms with Crippen molar-refractivity contribution in [3.05, 3.63) is 28.2 Å². The Bertz CT molecular complexity index is 313. The van der Waals surface area contributed by atoms with Gasteiger partial charge in [0, 0.05) is 11.1 Å². The van der Waals surface area contributed by atoms with Crippen LogP contribution in [0.5, 0.6) is 5.75 Å². The van der Waals surface area contributed by atoms with Gasteiger partial charge in [0.2, 0.25) is 0 Å². The van der Waals surface area contributed by atoms with Crippen molar-refractivity contribution in [1.82, 2.24) is 0 Å². The minimum Gasteiger partial charge on any atom is -0.496 e. The molecule has 0 spiro atoms. The maximum atomic E-state index is 9.09. The highest BCUT2D eigenvalue weighted by Gasteiger charge is 2.10. The van der Waals surface area contributed by atoms with Crippen LogP contribution in [0.15, 0.2) is 22.7 Å². The average molecular weight is 274 g/mol. The number of nitrogens with two attached hydrogens (primary N) is 1. The van der Waals surface area contributed by atoms with E-state index in [-0.39, 0.29) is 12.5 Å². The molecule has 3 nitrogen and oxygen atoms in total. The van der Waals surface area contributed by atoms with Crippen LogP contribution in [0, 0.1) is 5.92 Å². The van der Waals surface area contributed by atoms with Gasteiger partial charge in [0.25, 0.3) is 0 Å². The van der Waals surface area contributed by atoms with Gasteiger partial charge < -0.3 is 15.6 Å². The van der Waals surface area contributed by atoms with Crippen molar-refractivity contribution in [2.45, 2.75) is 6.42 Å². The van der Waals surface area contributed by atoms with Crippen molar-refractivity contribution >= 4 is 15.9 Å². The van der Waals surface area contributed by atoms with Crippen LogP contribution in [0.25, 0.3) is 0 Å². The molecular formula is C11H16BrNO2. The lowest BCUT2D eigenvalue weighted by Gasteiger charge is -2.14. The van der Waals surface area contributed by atoms with Gasteiger partial charge in [-0.05, 0) is 42.6 Å². The lowest BCUT2D eigenvalue weighted by atomic mass is 9.99. The van der Waals surface area contributed by atoms with E-state index >= 15 is 0 Å². The van der Waals surface area contributed by atoms with Crippen molar-refractivity contribution in [2.24, 2.45) is 11.7 Å². The van der Waals surface area contributed by atoms with Crippen molar-refractivity contribution in [3.63, 3.8) is 0 Å². The third kappa shape index (κ3) is 3.48. The van der Waals surface area contributed by atoms with Crippen molar-refractivity contribution in [2.75, 3.05) is 20.3 Å². The van der Waals surface area contributed by atoms with Gasteiger partial charge in [-0.25, -0.2) is 0 Å². The smallest absolute Gasteiger partial charge is 0.122 e. The summed E-state index contributed by atoms with van der Waals surface area (Å²) in [5, 5.41) is 9.09. The summed E-state index contributed by atoms with van der Waals surface area (Å²) in [6, 6.07) is 5.83. The van der Waals surface area contributed by atoms with E-state index in [0.29, 0.717) is 6.54 Å². The van der Waals surface area contributed by atoms with Gasteiger partial charge in [0.05, 0.1) is 7.11 Å². The Labute approximate surface area is 98.4 Å². The average Bonchev–Trinajstić information content (AvgIpc) is 2.26. The molecule has 0 heterocycles. The highest BCUT2D eigenvalue weighted by atomic mass is 79.9. The summed E-state index contributed by atoms with van der Waals surface area (Å²) >= 11 is 3.41. The first-order valence-electron chi connectivity index (χ1n) is 4.84. The molecule has 0 saturated heterocycles. The van der Waals surface area contributed by atoms with E-state index in [9.17, 15) is 0 Å². The predicted molar refractivity (Wildman–Crippen MR) is 64.0 cm³/mol. The first-order valence-corrected chi connectivity index (χ1v) is 5.64. The number of ether oxygens (including phenoxy) is 1. The summed E-state index contributed by atoms with van der Waals surface area (Å²) in [6.07, 6.45) is 0.732. The minimum atomic E-state index is 0.0909. The molecule has 3 N–H and O–H groups in total. The molecule has 0 fully saturated rings. The fourth-order valence-corrected chi connectivity index (χ4v) is 1.85. The molecule has 0 aliphatic carbocycles. The lowest BCUT2D eigenvalue weighted by molar-refractivity contribution is 0.229. The molecule has 1 aromatic rings. The molecule has 1 rings (SSSR count). The van der Waals surface area contributed by atoms with Crippen LogP contribution in [0.1, 0.15) is 5.56 Å². The van der Waals surface area contributed by atoms with E-state index in [0.717, 1.165) is 22.2 Å². The van der Waals surface area contributed by atoms with Crippen LogP contribution in [-0.4, -0.2) is 25.4 Å². The Morgan fingerprint density at radius 2 is 2.27 bits per heavy atom. The van der Waals surface area contributed by atoms with E-state index in [1.165, 1.54) is 0 Å². The Balaban J connectivity index is 2.86. The molecular weight excluding hydrogens is 258 g/mol. The quantitative estimate of drug-likeness (QED) is 0.856. The zero-order valence-electron chi connectivity index (χ0n) is 8.74. The molecule has 15 heavy (non-hydrogen) atoms. The Morgan fingerprint density at radius 1 is 1.53 bits per heavy atom. The van der Waals surface area contributed by atoms with Crippen molar-refractivity contribution in [1.29, 1.82) is 0 Å². The monoisotopic (exact) mass is 273 g/mol. The summed E-state index contributed by atoms with van der Waals surface area (Å²) in [5.74, 6) is 0.929. The van der Waals surface area contributed by atoms with Gasteiger partial charge in [-0.2, -0.15) is 0 Å². The molecule has 0 radical (unpaired) electrons. The highest BCUT2D eigenvalue weighted by molar-refractivity contribution is 9.10. The summed E-state index contributed by atoms with van der Waals surface area (Å²) in [5.41, 5.74) is 6.61. The fraction of sp³-hybridized carbons (Fsp3) is 0.455. The van der Waals surface area contributed by atoms with E-state index < -0.39 is 0 Å². The Hall–Kier alpha value is -0.580. The van der Waals surface area contributed by atoms with Crippen LogP contribution >= 0.6 is 15.9 Å². The number of halogens is 1. The summed E-state index contributed by atoms with van der Waals surface area (Å²) in [4.78, 5) is 0. The number of benzene rings is 1. The molecule has 84 valence electrons. The fourth-order valence-electron chi connectivity index (χ4n) is 1.44. The van der Waals surface area contributed by atoms with E-state index in [2.05, 4.69) is 15.9 Å². The third-order valence-electron chi connectivity index (χ3n) is 2.34. The largest absolute Gasteiger partial charge is 0.496 e. The molecule has 0 aromatic heterocycles. The summed E-state index contributed by atoms with van der Waals surface area (Å²) in [6.45, 7) is 0.582. The molecule has 0 bridgehead atoms. The molecule has 0 amide bonds. The van der Waals surface area contributed by atoms with Crippen molar-refractivity contribution < 1.29 is 9.84 Å². The van der Waals surface area contributed by atoms with Gasteiger partial charge >= 0.3 is 0 Å². The van der Waals surface area contributed by atoms with E-state index in [1.807, 2.05) is 18.2 Å². The maximum Gasteiger partial charge on any atom is 0.122 e. The van der Waals surface area contributed by atoms with E-state index in [1.54, 1.807) is 7.11 Å². The zero-order chi connectivity index (χ0) is 11.3. The SMILES string of the molecule is COc1ccc(Br)cc1C[C@H](CN)CO. The molecule has 0 aliphatic heterocycles. The topological polar surface area (TPSA) is 55.5 Å². The normalized spacial score (nSPS) is 12.5. The third-order valence-corrected chi connectivity index (χ3v) is 2.84. The minimum absolute atomic E-state index is 0.0909. The predicted octanol–water partition coefficient (Wildman–Crippen LogP) is 1.57. The number of hydrogen-bond acceptors (Lipinski definition) is 3. The van der Waals surface area contributed by atoms with Gasteiger partial charge in [0.15, 0.2) is 0 Å². The first-order chi connectivity index (χ1) is 7.21. The van der Waals surface area contributed by atoms with Crippen molar-refractivity contribution in [3.8, 4) is 5.75 Å². The van der Waals surface area contributed by atoms with Gasteiger partial charge in [-0.1, -0.05) is 15.9 Å². The van der Waals surface area contributed by atoms with Crippen LogP contribution in [0.4, 0.5) is 0 Å². The molecule has 1 atom stereocenters. The lowest BCUT2D eigenvalue weighted by Crippen LogP contribution is -2.20. The molecule has 0 saturated carbocycles. The number of methoxy groups -OCH3 is 1. The van der Waals surface area contributed by atoms with Gasteiger partial charge in [-0.3, -0.25) is 0 Å². The van der Waals surface area contributed by atoms with Crippen LogP contribution in [0.2, 0.25) is 0 Å². The number of rotatable bonds is 5. The standard InChI is InChI=1S/C11H16BrNO2/c1-15-11-3-2-10(12)5-9(11)4-8(6-13)7-14/h2-3,5,8,14H,4,6-7,13H2,1H3/t8-/m1/s1. The first kappa shape index (κ1) is 12.5. The number of aliphatic hydroxyl groups is 1. The van der Waals surface area contributed by atoms with Crippen LogP contribution in [-0.2, 0) is 6.42 Å². The second-order valence-electron chi connectivity index (χ2n) is 3.44. The van der Waals surface area contributed by atoms with E-state index in [4.69, 9.17) is 15.6 Å². The van der Waals surface area contributed by atoms with Gasteiger partial charge in [0.1, 0.15) is 5.75 Å². The number of aliphatic hydroxyl groups excluding tert-OH is 1. The number of hydrogen-bond donors (Lipinski definition) is 2. The van der Waals surface area contributed by atoms with Gasteiger partial charge in [-0.15, -0.1) is 0 Å². The molecule has 0 unspecified atom stereocenters. The second-order valence-corrected chi connectivity index (χ2v) is 4.36. The molecule has 0 aliphatic rings. The summed E-state index contributed by atoms with van der Waals surface area (Å²) in [7, 11) is 1.64. The Kier molecular flexibility index (Phi) is 5.08. The highest BCUT2D eigenvalue weighted by Crippen LogP contribution is 2.25. The summed E-state index contributed by atoms with van der Waals surface area (Å²) < 4.78 is 6.25. The maximum absolute atomic E-state index is 9.09.